The summed E-state index contributed by atoms with van der Waals surface area (Å²) in [6.45, 7) is 4.19. The van der Waals surface area contributed by atoms with E-state index in [1.807, 2.05) is 18.2 Å². The second-order valence-electron chi connectivity index (χ2n) is 5.96. The molecule has 0 saturated heterocycles. The average molecular weight is 292 g/mol. The minimum atomic E-state index is -0.767. The highest BCUT2D eigenvalue weighted by Gasteiger charge is 2.36. The standard InChI is InChI=1S/C16H24N2O3/c1-2-18(11-14-5-3-4-10-17-14)12-16(21)8-6-13(7-9-16)15(19)20/h3-5,10,13,21H,2,6-9,11-12H2,1H3,(H,19,20). The average Bonchev–Trinajstić information content (AvgIpc) is 2.48. The normalized spacial score (nSPS) is 26.0. The van der Waals surface area contributed by atoms with Crippen LogP contribution in [0.4, 0.5) is 0 Å². The molecule has 1 aromatic heterocycles. The summed E-state index contributed by atoms with van der Waals surface area (Å²) in [5, 5.41) is 19.7. The van der Waals surface area contributed by atoms with Crippen LogP contribution in [0.15, 0.2) is 24.4 Å². The molecule has 0 aliphatic heterocycles. The maximum absolute atomic E-state index is 11.0. The highest BCUT2D eigenvalue weighted by atomic mass is 16.4. The molecule has 1 aliphatic rings. The molecule has 1 fully saturated rings. The molecule has 0 aromatic carbocycles. The van der Waals surface area contributed by atoms with Gasteiger partial charge in [-0.15, -0.1) is 0 Å². The van der Waals surface area contributed by atoms with Gasteiger partial charge in [-0.1, -0.05) is 13.0 Å². The third kappa shape index (κ3) is 4.51. The van der Waals surface area contributed by atoms with Gasteiger partial charge in [0.25, 0.3) is 0 Å². The van der Waals surface area contributed by atoms with Crippen molar-refractivity contribution in [3.8, 4) is 0 Å². The van der Waals surface area contributed by atoms with E-state index in [1.165, 1.54) is 0 Å². The number of nitrogens with zero attached hydrogens (tertiary/aromatic N) is 2. The Morgan fingerprint density at radius 1 is 1.43 bits per heavy atom. The number of likely N-dealkylation sites (N-methyl/N-ethyl adjacent to an activating group) is 1. The van der Waals surface area contributed by atoms with Crippen molar-refractivity contribution in [2.24, 2.45) is 5.92 Å². The van der Waals surface area contributed by atoms with Crippen molar-refractivity contribution in [2.75, 3.05) is 13.1 Å². The molecular weight excluding hydrogens is 268 g/mol. The highest BCUT2D eigenvalue weighted by molar-refractivity contribution is 5.70. The van der Waals surface area contributed by atoms with Gasteiger partial charge in [-0.2, -0.15) is 0 Å². The minimum absolute atomic E-state index is 0.295. The summed E-state index contributed by atoms with van der Waals surface area (Å²) in [4.78, 5) is 17.5. The summed E-state index contributed by atoms with van der Waals surface area (Å²) in [5.41, 5.74) is 0.221. The van der Waals surface area contributed by atoms with Gasteiger partial charge in [0, 0.05) is 19.3 Å². The second-order valence-corrected chi connectivity index (χ2v) is 5.96. The molecule has 2 N–H and O–H groups in total. The molecule has 5 nitrogen and oxygen atoms in total. The van der Waals surface area contributed by atoms with E-state index < -0.39 is 11.6 Å². The second kappa shape index (κ2) is 7.00. The number of aliphatic hydroxyl groups is 1. The van der Waals surface area contributed by atoms with Gasteiger partial charge in [-0.3, -0.25) is 14.7 Å². The van der Waals surface area contributed by atoms with E-state index in [0.29, 0.717) is 38.8 Å². The molecule has 0 spiro atoms. The zero-order valence-corrected chi connectivity index (χ0v) is 12.5. The maximum atomic E-state index is 11.0. The number of carboxylic acid groups (broad SMARTS) is 1. The predicted octanol–water partition coefficient (Wildman–Crippen LogP) is 1.91. The predicted molar refractivity (Wildman–Crippen MR) is 79.7 cm³/mol. The summed E-state index contributed by atoms with van der Waals surface area (Å²) in [6, 6.07) is 5.83. The lowest BCUT2D eigenvalue weighted by Crippen LogP contribution is -2.46. The first-order valence-corrected chi connectivity index (χ1v) is 7.60. The van der Waals surface area contributed by atoms with Crippen LogP contribution >= 0.6 is 0 Å². The minimum Gasteiger partial charge on any atom is -0.481 e. The van der Waals surface area contributed by atoms with E-state index in [9.17, 15) is 9.90 Å². The Bertz CT molecular complexity index is 456. The fourth-order valence-electron chi connectivity index (χ4n) is 2.98. The fourth-order valence-corrected chi connectivity index (χ4v) is 2.98. The number of pyridine rings is 1. The maximum Gasteiger partial charge on any atom is 0.306 e. The van der Waals surface area contributed by atoms with Crippen molar-refractivity contribution in [2.45, 2.75) is 44.8 Å². The number of rotatable bonds is 6. The molecule has 0 bridgehead atoms. The smallest absolute Gasteiger partial charge is 0.306 e. The molecule has 21 heavy (non-hydrogen) atoms. The third-order valence-electron chi connectivity index (χ3n) is 4.34. The van der Waals surface area contributed by atoms with Crippen LogP contribution in [0.5, 0.6) is 0 Å². The number of aromatic nitrogens is 1. The number of hydrogen-bond acceptors (Lipinski definition) is 4. The lowest BCUT2D eigenvalue weighted by Gasteiger charge is -2.38. The van der Waals surface area contributed by atoms with Crippen molar-refractivity contribution in [1.82, 2.24) is 9.88 Å². The lowest BCUT2D eigenvalue weighted by atomic mass is 9.78. The molecule has 5 heteroatoms. The molecule has 116 valence electrons. The molecule has 1 aliphatic carbocycles. The molecule has 2 rings (SSSR count). The van der Waals surface area contributed by atoms with Crippen molar-refractivity contribution in [1.29, 1.82) is 0 Å². The number of aliphatic carboxylic acids is 1. The van der Waals surface area contributed by atoms with E-state index in [2.05, 4.69) is 16.8 Å². The van der Waals surface area contributed by atoms with Gasteiger partial charge in [0.15, 0.2) is 0 Å². The van der Waals surface area contributed by atoms with Crippen LogP contribution in [0.25, 0.3) is 0 Å². The zero-order chi connectivity index (χ0) is 15.3. The molecule has 0 radical (unpaired) electrons. The number of carboxylic acids is 1. The van der Waals surface area contributed by atoms with Crippen molar-refractivity contribution < 1.29 is 15.0 Å². The van der Waals surface area contributed by atoms with Crippen LogP contribution in [-0.2, 0) is 11.3 Å². The van der Waals surface area contributed by atoms with Crippen LogP contribution in [-0.4, -0.2) is 44.8 Å². The lowest BCUT2D eigenvalue weighted by molar-refractivity contribution is -0.145. The van der Waals surface area contributed by atoms with Gasteiger partial charge in [0.1, 0.15) is 0 Å². The molecule has 1 heterocycles. The van der Waals surface area contributed by atoms with Crippen LogP contribution in [0.3, 0.4) is 0 Å². The van der Waals surface area contributed by atoms with E-state index >= 15 is 0 Å². The number of hydrogen-bond donors (Lipinski definition) is 2. The third-order valence-corrected chi connectivity index (χ3v) is 4.34. The summed E-state index contributed by atoms with van der Waals surface area (Å²) >= 11 is 0. The van der Waals surface area contributed by atoms with Gasteiger partial charge < -0.3 is 10.2 Å². The summed E-state index contributed by atoms with van der Waals surface area (Å²) in [7, 11) is 0. The SMILES string of the molecule is CCN(Cc1ccccn1)CC1(O)CCC(C(=O)O)CC1. The highest BCUT2D eigenvalue weighted by Crippen LogP contribution is 2.33. The van der Waals surface area contributed by atoms with Crippen molar-refractivity contribution >= 4 is 5.97 Å². The van der Waals surface area contributed by atoms with E-state index in [0.717, 1.165) is 12.2 Å². The molecular formula is C16H24N2O3. The summed E-state index contributed by atoms with van der Waals surface area (Å²) in [5.74, 6) is -1.03. The Morgan fingerprint density at radius 2 is 2.14 bits per heavy atom. The fraction of sp³-hybridized carbons (Fsp3) is 0.625. The first-order chi connectivity index (χ1) is 10.0. The zero-order valence-electron chi connectivity index (χ0n) is 12.5. The molecule has 0 amide bonds. The first kappa shape index (κ1) is 15.9. The Balaban J connectivity index is 1.91. The van der Waals surface area contributed by atoms with Crippen LogP contribution in [0.1, 0.15) is 38.3 Å². The Kier molecular flexibility index (Phi) is 5.31. The van der Waals surface area contributed by atoms with Crippen LogP contribution in [0, 0.1) is 5.92 Å². The van der Waals surface area contributed by atoms with E-state index in [-0.39, 0.29) is 5.92 Å². The monoisotopic (exact) mass is 292 g/mol. The largest absolute Gasteiger partial charge is 0.481 e. The summed E-state index contributed by atoms with van der Waals surface area (Å²) < 4.78 is 0. The quantitative estimate of drug-likeness (QED) is 0.838. The van der Waals surface area contributed by atoms with Gasteiger partial charge in [0.2, 0.25) is 0 Å². The molecule has 1 saturated carbocycles. The molecule has 0 atom stereocenters. The van der Waals surface area contributed by atoms with Crippen molar-refractivity contribution in [3.05, 3.63) is 30.1 Å². The van der Waals surface area contributed by atoms with Gasteiger partial charge in [-0.05, 0) is 44.4 Å². The molecule has 0 unspecified atom stereocenters. The molecule has 1 aromatic rings. The van der Waals surface area contributed by atoms with Crippen molar-refractivity contribution in [3.63, 3.8) is 0 Å². The van der Waals surface area contributed by atoms with E-state index in [1.54, 1.807) is 6.20 Å². The van der Waals surface area contributed by atoms with Crippen LogP contribution in [0.2, 0.25) is 0 Å². The Hall–Kier alpha value is -1.46. The first-order valence-electron chi connectivity index (χ1n) is 7.60. The van der Waals surface area contributed by atoms with Gasteiger partial charge in [0.05, 0.1) is 17.2 Å². The van der Waals surface area contributed by atoms with Gasteiger partial charge >= 0.3 is 5.97 Å². The number of carbonyl (C=O) groups is 1. The topological polar surface area (TPSA) is 73.7 Å². The summed E-state index contributed by atoms with van der Waals surface area (Å²) in [6.07, 6.45) is 4.02. The Morgan fingerprint density at radius 3 is 2.67 bits per heavy atom. The Labute approximate surface area is 125 Å². The van der Waals surface area contributed by atoms with Gasteiger partial charge in [-0.25, -0.2) is 0 Å². The van der Waals surface area contributed by atoms with Crippen LogP contribution < -0.4 is 0 Å². The van der Waals surface area contributed by atoms with E-state index in [4.69, 9.17) is 5.11 Å².